The third kappa shape index (κ3) is 3.62. The highest BCUT2D eigenvalue weighted by atomic mass is 16.5. The molecule has 2 nitrogen and oxygen atoms in total. The highest BCUT2D eigenvalue weighted by Gasteiger charge is 2.08. The molecule has 0 aromatic heterocycles. The lowest BCUT2D eigenvalue weighted by Gasteiger charge is -2.03. The Hall–Kier alpha value is -2.01. The van der Waals surface area contributed by atoms with Crippen LogP contribution in [0.15, 0.2) is 35.9 Å². The molecule has 0 aliphatic carbocycles. The van der Waals surface area contributed by atoms with Gasteiger partial charge in [0.25, 0.3) is 0 Å². The van der Waals surface area contributed by atoms with Crippen molar-refractivity contribution in [3.8, 4) is 12.3 Å². The minimum absolute atomic E-state index is 0.285. The first-order chi connectivity index (χ1) is 7.77. The van der Waals surface area contributed by atoms with Crippen LogP contribution >= 0.6 is 0 Å². The van der Waals surface area contributed by atoms with Gasteiger partial charge in [0, 0.05) is 12.0 Å². The molecule has 0 aliphatic rings. The molecule has 2 heteroatoms. The number of benzene rings is 1. The molecule has 0 saturated carbocycles. The van der Waals surface area contributed by atoms with Gasteiger partial charge >= 0.3 is 5.97 Å². The zero-order valence-corrected chi connectivity index (χ0v) is 9.27. The zero-order chi connectivity index (χ0) is 11.8. The number of carbonyl (C=O) groups excluding carboxylic acids is 1. The van der Waals surface area contributed by atoms with Crippen molar-refractivity contribution >= 4 is 12.0 Å². The van der Waals surface area contributed by atoms with Gasteiger partial charge in [-0.2, -0.15) is 0 Å². The number of hydrogen-bond donors (Lipinski definition) is 0. The average molecular weight is 214 g/mol. The Kier molecular flexibility index (Phi) is 4.88. The van der Waals surface area contributed by atoms with Crippen molar-refractivity contribution in [3.05, 3.63) is 41.5 Å². The van der Waals surface area contributed by atoms with Crippen molar-refractivity contribution in [2.75, 3.05) is 6.61 Å². The van der Waals surface area contributed by atoms with Gasteiger partial charge in [-0.25, -0.2) is 4.79 Å². The van der Waals surface area contributed by atoms with E-state index in [2.05, 4.69) is 5.92 Å². The van der Waals surface area contributed by atoms with Crippen LogP contribution in [0.25, 0.3) is 6.08 Å². The summed E-state index contributed by atoms with van der Waals surface area (Å²) in [5, 5.41) is 0. The Morgan fingerprint density at radius 3 is 2.69 bits per heavy atom. The van der Waals surface area contributed by atoms with Gasteiger partial charge in [-0.3, -0.25) is 0 Å². The first-order valence-corrected chi connectivity index (χ1v) is 5.14. The van der Waals surface area contributed by atoms with Crippen LogP contribution in [0.2, 0.25) is 0 Å². The summed E-state index contributed by atoms with van der Waals surface area (Å²) in [6, 6.07) is 9.56. The standard InChI is InChI=1S/C14H14O2/c1-3-8-13(14(15)16-4-2)11-12-9-6-5-7-10-12/h1,5-7,9-11H,4,8H2,2H3/b13-11-. The lowest BCUT2D eigenvalue weighted by atomic mass is 10.1. The Morgan fingerprint density at radius 1 is 1.44 bits per heavy atom. The summed E-state index contributed by atoms with van der Waals surface area (Å²) in [5.74, 6) is 2.12. The summed E-state index contributed by atoms with van der Waals surface area (Å²) < 4.78 is 4.93. The quantitative estimate of drug-likeness (QED) is 0.437. The number of carbonyl (C=O) groups is 1. The zero-order valence-electron chi connectivity index (χ0n) is 9.27. The largest absolute Gasteiger partial charge is 0.463 e. The summed E-state index contributed by atoms with van der Waals surface area (Å²) in [5.41, 5.74) is 1.45. The minimum Gasteiger partial charge on any atom is -0.463 e. The fourth-order valence-corrected chi connectivity index (χ4v) is 1.27. The van der Waals surface area contributed by atoms with Gasteiger partial charge in [-0.1, -0.05) is 30.3 Å². The van der Waals surface area contributed by atoms with E-state index in [4.69, 9.17) is 11.2 Å². The second-order valence-corrected chi connectivity index (χ2v) is 3.18. The molecule has 0 radical (unpaired) electrons. The number of terminal acetylenes is 1. The first-order valence-electron chi connectivity index (χ1n) is 5.14. The molecule has 1 rings (SSSR count). The fraction of sp³-hybridized carbons (Fsp3) is 0.214. The third-order valence-corrected chi connectivity index (χ3v) is 1.97. The van der Waals surface area contributed by atoms with E-state index in [1.807, 2.05) is 30.3 Å². The second-order valence-electron chi connectivity index (χ2n) is 3.18. The van der Waals surface area contributed by atoms with E-state index in [0.717, 1.165) is 5.56 Å². The van der Waals surface area contributed by atoms with Crippen LogP contribution < -0.4 is 0 Å². The van der Waals surface area contributed by atoms with E-state index >= 15 is 0 Å². The van der Waals surface area contributed by atoms with E-state index in [1.165, 1.54) is 0 Å². The molecule has 0 amide bonds. The maximum absolute atomic E-state index is 11.6. The van der Waals surface area contributed by atoms with E-state index < -0.39 is 0 Å². The molecule has 0 aliphatic heterocycles. The maximum atomic E-state index is 11.6. The van der Waals surface area contributed by atoms with E-state index in [0.29, 0.717) is 12.2 Å². The number of hydrogen-bond acceptors (Lipinski definition) is 2. The average Bonchev–Trinajstić information content (AvgIpc) is 2.30. The van der Waals surface area contributed by atoms with Crippen LogP contribution in [0.5, 0.6) is 0 Å². The lowest BCUT2D eigenvalue weighted by Crippen LogP contribution is -2.07. The summed E-state index contributed by atoms with van der Waals surface area (Å²) in [6.07, 6.45) is 7.27. The molecule has 1 aromatic carbocycles. The van der Waals surface area contributed by atoms with Gasteiger partial charge in [0.15, 0.2) is 0 Å². The summed E-state index contributed by atoms with van der Waals surface area (Å²) in [6.45, 7) is 2.13. The molecule has 0 saturated heterocycles. The van der Waals surface area contributed by atoms with E-state index in [-0.39, 0.29) is 12.4 Å². The molecule has 16 heavy (non-hydrogen) atoms. The second kappa shape index (κ2) is 6.47. The van der Waals surface area contributed by atoms with Crippen molar-refractivity contribution in [3.63, 3.8) is 0 Å². The molecule has 0 unspecified atom stereocenters. The molecule has 0 heterocycles. The van der Waals surface area contributed by atoms with Crippen molar-refractivity contribution in [2.24, 2.45) is 0 Å². The molecule has 0 bridgehead atoms. The molecule has 1 aromatic rings. The lowest BCUT2D eigenvalue weighted by molar-refractivity contribution is -0.138. The smallest absolute Gasteiger partial charge is 0.334 e. The number of esters is 1. The van der Waals surface area contributed by atoms with E-state index in [9.17, 15) is 4.79 Å². The molecule has 0 spiro atoms. The van der Waals surface area contributed by atoms with Crippen molar-refractivity contribution in [1.29, 1.82) is 0 Å². The fourth-order valence-electron chi connectivity index (χ4n) is 1.27. The van der Waals surface area contributed by atoms with Crippen LogP contribution in [0.3, 0.4) is 0 Å². The van der Waals surface area contributed by atoms with Crippen LogP contribution in [0, 0.1) is 12.3 Å². The first kappa shape index (κ1) is 12.1. The summed E-state index contributed by atoms with van der Waals surface area (Å²) >= 11 is 0. The monoisotopic (exact) mass is 214 g/mol. The minimum atomic E-state index is -0.343. The van der Waals surface area contributed by atoms with Crippen LogP contribution in [0.4, 0.5) is 0 Å². The van der Waals surface area contributed by atoms with Crippen LogP contribution in [-0.4, -0.2) is 12.6 Å². The highest BCUT2D eigenvalue weighted by molar-refractivity contribution is 5.94. The molecule has 0 N–H and O–H groups in total. The highest BCUT2D eigenvalue weighted by Crippen LogP contribution is 2.11. The van der Waals surface area contributed by atoms with Gasteiger partial charge in [0.2, 0.25) is 0 Å². The van der Waals surface area contributed by atoms with Gasteiger partial charge in [-0.05, 0) is 18.6 Å². The van der Waals surface area contributed by atoms with Crippen LogP contribution in [0.1, 0.15) is 18.9 Å². The predicted molar refractivity (Wildman–Crippen MR) is 64.5 cm³/mol. The maximum Gasteiger partial charge on any atom is 0.334 e. The molecule has 0 atom stereocenters. The normalized spacial score (nSPS) is 10.6. The molecular formula is C14H14O2. The molecule has 0 fully saturated rings. The topological polar surface area (TPSA) is 26.3 Å². The van der Waals surface area contributed by atoms with Gasteiger partial charge in [0.05, 0.1) is 6.61 Å². The van der Waals surface area contributed by atoms with Crippen molar-refractivity contribution in [1.82, 2.24) is 0 Å². The summed E-state index contributed by atoms with van der Waals surface area (Å²) in [7, 11) is 0. The number of rotatable bonds is 4. The van der Waals surface area contributed by atoms with Gasteiger partial charge in [0.1, 0.15) is 0 Å². The third-order valence-electron chi connectivity index (χ3n) is 1.97. The summed E-state index contributed by atoms with van der Waals surface area (Å²) in [4.78, 5) is 11.6. The Balaban J connectivity index is 2.90. The molecular weight excluding hydrogens is 200 g/mol. The Labute approximate surface area is 95.9 Å². The van der Waals surface area contributed by atoms with Crippen molar-refractivity contribution in [2.45, 2.75) is 13.3 Å². The molecule has 82 valence electrons. The van der Waals surface area contributed by atoms with Crippen LogP contribution in [-0.2, 0) is 9.53 Å². The van der Waals surface area contributed by atoms with Gasteiger partial charge in [-0.15, -0.1) is 12.3 Å². The number of ether oxygens (including phenoxy) is 1. The van der Waals surface area contributed by atoms with Crippen molar-refractivity contribution < 1.29 is 9.53 Å². The van der Waals surface area contributed by atoms with Gasteiger partial charge < -0.3 is 4.74 Å². The Morgan fingerprint density at radius 2 is 2.12 bits per heavy atom. The predicted octanol–water partition coefficient (Wildman–Crippen LogP) is 2.66. The SMILES string of the molecule is C#CC/C(=C/c1ccccc1)C(=O)OCC. The van der Waals surface area contributed by atoms with E-state index in [1.54, 1.807) is 13.0 Å². The Bertz CT molecular complexity index is 410.